The Labute approximate surface area is 113 Å². The van der Waals surface area contributed by atoms with E-state index in [9.17, 15) is 31.4 Å². The molecule has 1 unspecified atom stereocenters. The van der Waals surface area contributed by atoms with Crippen molar-refractivity contribution in [1.82, 2.24) is 9.80 Å². The molecule has 120 valence electrons. The molecule has 0 aliphatic carbocycles. The van der Waals surface area contributed by atoms with Crippen LogP contribution in [0.3, 0.4) is 0 Å². The highest BCUT2D eigenvalue weighted by Gasteiger charge is 2.50. The van der Waals surface area contributed by atoms with Crippen LogP contribution in [-0.4, -0.2) is 72.1 Å². The zero-order valence-corrected chi connectivity index (χ0v) is 11.1. The minimum atomic E-state index is -4.76. The molecule has 3 nitrogen and oxygen atoms in total. The molecule has 0 aromatic rings. The number of hydrogen-bond donors (Lipinski definition) is 1. The van der Waals surface area contributed by atoms with E-state index in [0.29, 0.717) is 13.3 Å². The maximum Gasteiger partial charge on any atom is 0.418 e. The standard InChI is InChI=1S/C11H18F6N2O/c1-9(20,11(15,16)17)7-18-3-2-4-19(6-5-18)8-10(12,13)14/h20H,2-8H2,1H3. The van der Waals surface area contributed by atoms with E-state index in [1.54, 1.807) is 0 Å². The lowest BCUT2D eigenvalue weighted by molar-refractivity contribution is -0.257. The SMILES string of the molecule is CC(O)(CN1CCCN(CC(F)(F)F)CC1)C(F)(F)F. The number of hydrogen-bond acceptors (Lipinski definition) is 3. The van der Waals surface area contributed by atoms with Gasteiger partial charge in [-0.1, -0.05) is 0 Å². The van der Waals surface area contributed by atoms with Gasteiger partial charge < -0.3 is 5.11 Å². The van der Waals surface area contributed by atoms with E-state index in [1.165, 1.54) is 9.80 Å². The highest BCUT2D eigenvalue weighted by Crippen LogP contribution is 2.31. The molecule has 0 amide bonds. The molecule has 1 atom stereocenters. The molecule has 1 saturated heterocycles. The van der Waals surface area contributed by atoms with Gasteiger partial charge in [0.2, 0.25) is 0 Å². The van der Waals surface area contributed by atoms with E-state index in [2.05, 4.69) is 0 Å². The van der Waals surface area contributed by atoms with Crippen molar-refractivity contribution in [2.75, 3.05) is 39.3 Å². The summed E-state index contributed by atoms with van der Waals surface area (Å²) in [6.07, 6.45) is -8.73. The largest absolute Gasteiger partial charge is 0.418 e. The Bertz CT molecular complexity index is 315. The lowest BCUT2D eigenvalue weighted by Crippen LogP contribution is -2.52. The Morgan fingerprint density at radius 1 is 0.850 bits per heavy atom. The van der Waals surface area contributed by atoms with Crippen LogP contribution in [0.5, 0.6) is 0 Å². The predicted molar refractivity (Wildman–Crippen MR) is 60.2 cm³/mol. The summed E-state index contributed by atoms with van der Waals surface area (Å²) in [5.41, 5.74) is -2.85. The van der Waals surface area contributed by atoms with Crippen LogP contribution in [0.15, 0.2) is 0 Å². The quantitative estimate of drug-likeness (QED) is 0.806. The van der Waals surface area contributed by atoms with Crippen LogP contribution in [0, 0.1) is 0 Å². The van der Waals surface area contributed by atoms with Crippen LogP contribution in [-0.2, 0) is 0 Å². The van der Waals surface area contributed by atoms with Gasteiger partial charge in [-0.05, 0) is 26.4 Å². The summed E-state index contributed by atoms with van der Waals surface area (Å²) in [5.74, 6) is 0. The summed E-state index contributed by atoms with van der Waals surface area (Å²) in [5, 5.41) is 9.39. The van der Waals surface area contributed by atoms with Crippen LogP contribution < -0.4 is 0 Å². The topological polar surface area (TPSA) is 26.7 Å². The second-order valence-corrected chi connectivity index (χ2v) is 5.29. The molecule has 0 saturated carbocycles. The first-order valence-electron chi connectivity index (χ1n) is 6.21. The van der Waals surface area contributed by atoms with E-state index >= 15 is 0 Å². The van der Waals surface area contributed by atoms with Crippen molar-refractivity contribution >= 4 is 0 Å². The van der Waals surface area contributed by atoms with E-state index in [4.69, 9.17) is 0 Å². The zero-order valence-electron chi connectivity index (χ0n) is 11.1. The summed E-state index contributed by atoms with van der Waals surface area (Å²) >= 11 is 0. The van der Waals surface area contributed by atoms with Crippen molar-refractivity contribution in [3.05, 3.63) is 0 Å². The number of nitrogens with zero attached hydrogens (tertiary/aromatic N) is 2. The molecule has 1 N–H and O–H groups in total. The molecule has 1 aliphatic heterocycles. The Balaban J connectivity index is 2.53. The fraction of sp³-hybridized carbons (Fsp3) is 1.00. The fourth-order valence-electron chi connectivity index (χ4n) is 2.12. The predicted octanol–water partition coefficient (Wildman–Crippen LogP) is 1.87. The number of aliphatic hydroxyl groups is 1. The van der Waals surface area contributed by atoms with Crippen molar-refractivity contribution in [2.45, 2.75) is 31.3 Å². The van der Waals surface area contributed by atoms with Gasteiger partial charge in [-0.25, -0.2) is 0 Å². The molecule has 1 rings (SSSR count). The minimum absolute atomic E-state index is 0.0352. The van der Waals surface area contributed by atoms with Gasteiger partial charge >= 0.3 is 12.4 Å². The molecule has 0 aromatic carbocycles. The third-order valence-electron chi connectivity index (χ3n) is 3.23. The number of rotatable bonds is 3. The molecular formula is C11H18F6N2O. The number of β-amino-alcohol motifs (C(OH)–C–C–N with tert-alkyl or cyclic N) is 1. The fourth-order valence-corrected chi connectivity index (χ4v) is 2.12. The highest BCUT2D eigenvalue weighted by atomic mass is 19.4. The van der Waals surface area contributed by atoms with Gasteiger partial charge in [-0.3, -0.25) is 9.80 Å². The Morgan fingerprint density at radius 2 is 1.30 bits per heavy atom. The number of halogens is 6. The molecule has 0 spiro atoms. The highest BCUT2D eigenvalue weighted by molar-refractivity contribution is 4.86. The van der Waals surface area contributed by atoms with Crippen molar-refractivity contribution in [1.29, 1.82) is 0 Å². The normalized spacial score (nSPS) is 23.4. The van der Waals surface area contributed by atoms with Crippen molar-refractivity contribution in [3.8, 4) is 0 Å². The summed E-state index contributed by atoms with van der Waals surface area (Å²) in [6, 6.07) is 0. The van der Waals surface area contributed by atoms with Crippen molar-refractivity contribution < 1.29 is 31.4 Å². The average Bonchev–Trinajstić information content (AvgIpc) is 2.39. The Morgan fingerprint density at radius 3 is 1.70 bits per heavy atom. The smallest absolute Gasteiger partial charge is 0.380 e. The minimum Gasteiger partial charge on any atom is -0.380 e. The van der Waals surface area contributed by atoms with Crippen LogP contribution >= 0.6 is 0 Å². The maximum absolute atomic E-state index is 12.6. The first-order chi connectivity index (χ1) is 8.91. The lowest BCUT2D eigenvalue weighted by Gasteiger charge is -2.32. The molecule has 20 heavy (non-hydrogen) atoms. The molecular weight excluding hydrogens is 290 g/mol. The van der Waals surface area contributed by atoms with Crippen LogP contribution in [0.25, 0.3) is 0 Å². The Kier molecular flexibility index (Phi) is 5.31. The molecule has 0 aromatic heterocycles. The molecule has 1 fully saturated rings. The zero-order chi connectivity index (χ0) is 15.6. The van der Waals surface area contributed by atoms with Gasteiger partial charge in [0.25, 0.3) is 0 Å². The molecule has 0 bridgehead atoms. The summed E-state index contributed by atoms with van der Waals surface area (Å²) < 4.78 is 74.4. The van der Waals surface area contributed by atoms with Gasteiger partial charge in [0, 0.05) is 19.6 Å². The first kappa shape index (κ1) is 17.5. The van der Waals surface area contributed by atoms with Crippen LogP contribution in [0.4, 0.5) is 26.3 Å². The van der Waals surface area contributed by atoms with Gasteiger partial charge in [-0.15, -0.1) is 0 Å². The molecule has 1 aliphatic rings. The van der Waals surface area contributed by atoms with Crippen molar-refractivity contribution in [3.63, 3.8) is 0 Å². The van der Waals surface area contributed by atoms with Gasteiger partial charge in [0.1, 0.15) is 0 Å². The van der Waals surface area contributed by atoms with E-state index in [-0.39, 0.29) is 26.2 Å². The van der Waals surface area contributed by atoms with E-state index < -0.39 is 31.0 Å². The summed E-state index contributed by atoms with van der Waals surface area (Å²) in [6.45, 7) is -0.487. The maximum atomic E-state index is 12.6. The van der Waals surface area contributed by atoms with Gasteiger partial charge in [0.15, 0.2) is 5.60 Å². The lowest BCUT2D eigenvalue weighted by atomic mass is 10.1. The van der Waals surface area contributed by atoms with E-state index in [0.717, 1.165) is 0 Å². The monoisotopic (exact) mass is 308 g/mol. The molecule has 1 heterocycles. The van der Waals surface area contributed by atoms with E-state index in [1.807, 2.05) is 0 Å². The third kappa shape index (κ3) is 5.45. The second-order valence-electron chi connectivity index (χ2n) is 5.29. The molecule has 9 heteroatoms. The summed E-state index contributed by atoms with van der Waals surface area (Å²) in [4.78, 5) is 2.52. The third-order valence-corrected chi connectivity index (χ3v) is 3.23. The van der Waals surface area contributed by atoms with Crippen LogP contribution in [0.2, 0.25) is 0 Å². The van der Waals surface area contributed by atoms with Gasteiger partial charge in [0.05, 0.1) is 6.54 Å². The number of alkyl halides is 6. The first-order valence-corrected chi connectivity index (χ1v) is 6.21. The summed E-state index contributed by atoms with van der Waals surface area (Å²) in [7, 11) is 0. The Hall–Kier alpha value is -0.540. The van der Waals surface area contributed by atoms with Crippen molar-refractivity contribution in [2.24, 2.45) is 0 Å². The molecule has 0 radical (unpaired) electrons. The van der Waals surface area contributed by atoms with Crippen LogP contribution in [0.1, 0.15) is 13.3 Å². The second kappa shape index (κ2) is 6.07. The average molecular weight is 308 g/mol. The van der Waals surface area contributed by atoms with Gasteiger partial charge in [-0.2, -0.15) is 26.3 Å².